The summed E-state index contributed by atoms with van der Waals surface area (Å²) in [6, 6.07) is 8.52. The molecule has 1 saturated heterocycles. The Bertz CT molecular complexity index is 1210. The van der Waals surface area contributed by atoms with Crippen LogP contribution < -0.4 is 4.90 Å². The van der Waals surface area contributed by atoms with Gasteiger partial charge in [-0.05, 0) is 36.8 Å². The van der Waals surface area contributed by atoms with Gasteiger partial charge in [0.1, 0.15) is 29.6 Å². The molecule has 174 valence electrons. The summed E-state index contributed by atoms with van der Waals surface area (Å²) in [5.74, 6) is -0.375. The summed E-state index contributed by atoms with van der Waals surface area (Å²) in [6.45, 7) is 1.10. The van der Waals surface area contributed by atoms with E-state index in [1.54, 1.807) is 27.7 Å². The molecule has 2 aromatic heterocycles. The third-order valence-corrected chi connectivity index (χ3v) is 5.17. The summed E-state index contributed by atoms with van der Waals surface area (Å²) < 4.78 is 45.8. The number of rotatable bonds is 6. The molecule has 1 aromatic carbocycles. The number of benzene rings is 1. The zero-order valence-corrected chi connectivity index (χ0v) is 17.4. The number of nitrogens with zero attached hydrogens (tertiary/aromatic N) is 4. The van der Waals surface area contributed by atoms with E-state index in [-0.39, 0.29) is 30.6 Å². The number of halogens is 3. The van der Waals surface area contributed by atoms with Gasteiger partial charge in [-0.1, -0.05) is 6.07 Å². The monoisotopic (exact) mass is 462 g/mol. The summed E-state index contributed by atoms with van der Waals surface area (Å²) in [5, 5.41) is 19.8. The molecule has 11 heteroatoms. The second kappa shape index (κ2) is 9.20. The summed E-state index contributed by atoms with van der Waals surface area (Å²) in [6.07, 6.45) is -3.00. The molecule has 1 fully saturated rings. The van der Waals surface area contributed by atoms with Crippen LogP contribution in [0.3, 0.4) is 0 Å². The van der Waals surface area contributed by atoms with Crippen molar-refractivity contribution in [1.82, 2.24) is 14.5 Å². The van der Waals surface area contributed by atoms with Crippen LogP contribution in [0, 0.1) is 0 Å². The number of anilines is 1. The van der Waals surface area contributed by atoms with E-state index < -0.39 is 17.6 Å². The van der Waals surface area contributed by atoms with Crippen molar-refractivity contribution in [1.29, 1.82) is 0 Å². The number of hydrogen-bond acceptors (Lipinski definition) is 6. The van der Waals surface area contributed by atoms with Crippen LogP contribution in [-0.2, 0) is 22.3 Å². The molecule has 0 radical (unpaired) electrons. The van der Waals surface area contributed by atoms with Crippen molar-refractivity contribution in [3.8, 4) is 0 Å². The molecular weight excluding hydrogens is 441 g/mol. The molecule has 3 heterocycles. The number of aliphatic hydroxyl groups is 2. The van der Waals surface area contributed by atoms with Crippen LogP contribution in [0.1, 0.15) is 23.6 Å². The molecule has 4 rings (SSSR count). The highest BCUT2D eigenvalue weighted by Gasteiger charge is 2.32. The fourth-order valence-electron chi connectivity index (χ4n) is 3.60. The standard InChI is InChI=1S/C22H21F3N4O4/c23-22(24,25)19-4-1-3-15(26-19)18(31)12-20-27-16-11-14(28-8-10-33-13-21(28)32)5-6-17(16)29(20)7-2-9-30/h1,3-6,11-12,30-31H,2,7-10,13H2. The Morgan fingerprint density at radius 1 is 1.21 bits per heavy atom. The van der Waals surface area contributed by atoms with Gasteiger partial charge in [0.25, 0.3) is 5.91 Å². The first-order valence-corrected chi connectivity index (χ1v) is 10.2. The van der Waals surface area contributed by atoms with Crippen LogP contribution in [0.4, 0.5) is 18.9 Å². The molecule has 2 N–H and O–H groups in total. The molecule has 33 heavy (non-hydrogen) atoms. The van der Waals surface area contributed by atoms with E-state index in [9.17, 15) is 28.2 Å². The first kappa shape index (κ1) is 22.7. The van der Waals surface area contributed by atoms with Crippen LogP contribution in [0.15, 0.2) is 36.4 Å². The van der Waals surface area contributed by atoms with Gasteiger partial charge in [-0.3, -0.25) is 4.79 Å². The fourth-order valence-corrected chi connectivity index (χ4v) is 3.60. The highest BCUT2D eigenvalue weighted by atomic mass is 19.4. The number of fused-ring (bicyclic) bond motifs is 1. The molecule has 1 amide bonds. The van der Waals surface area contributed by atoms with Gasteiger partial charge in [0.2, 0.25) is 0 Å². The minimum atomic E-state index is -4.64. The number of aromatic nitrogens is 3. The number of aryl methyl sites for hydroxylation is 1. The SMILES string of the molecule is O=C1COCCN1c1ccc2c(c1)nc(C=C(O)c1cccc(C(F)(F)F)n1)n2CCCO. The average molecular weight is 462 g/mol. The van der Waals surface area contributed by atoms with Crippen LogP contribution in [0.5, 0.6) is 0 Å². The maximum Gasteiger partial charge on any atom is 0.433 e. The van der Waals surface area contributed by atoms with Crippen molar-refractivity contribution < 1.29 is 32.9 Å². The van der Waals surface area contributed by atoms with Gasteiger partial charge >= 0.3 is 6.18 Å². The maximum absolute atomic E-state index is 13.0. The number of aliphatic hydroxyl groups excluding tert-OH is 2. The van der Waals surface area contributed by atoms with Crippen LogP contribution >= 0.6 is 0 Å². The lowest BCUT2D eigenvalue weighted by molar-refractivity contribution is -0.141. The van der Waals surface area contributed by atoms with Crippen LogP contribution in [0.25, 0.3) is 22.9 Å². The Balaban J connectivity index is 1.75. The van der Waals surface area contributed by atoms with Crippen molar-refractivity contribution >= 4 is 34.5 Å². The minimum Gasteiger partial charge on any atom is -0.506 e. The summed E-state index contributed by atoms with van der Waals surface area (Å²) in [7, 11) is 0. The van der Waals surface area contributed by atoms with Crippen molar-refractivity contribution in [2.45, 2.75) is 19.1 Å². The summed E-state index contributed by atoms with van der Waals surface area (Å²) in [5.41, 5.74) is 0.491. The second-order valence-electron chi connectivity index (χ2n) is 7.41. The quantitative estimate of drug-likeness (QED) is 0.546. The summed E-state index contributed by atoms with van der Waals surface area (Å²) >= 11 is 0. The number of imidazole rings is 1. The number of carbonyl (C=O) groups excluding carboxylic acids is 1. The van der Waals surface area contributed by atoms with Gasteiger partial charge in [-0.15, -0.1) is 0 Å². The van der Waals surface area contributed by atoms with Crippen molar-refractivity contribution in [3.63, 3.8) is 0 Å². The third-order valence-electron chi connectivity index (χ3n) is 5.17. The number of alkyl halides is 3. The molecule has 3 aromatic rings. The van der Waals surface area contributed by atoms with Crippen LogP contribution in [-0.4, -0.2) is 57.0 Å². The Kier molecular flexibility index (Phi) is 6.34. The molecule has 0 saturated carbocycles. The Hall–Kier alpha value is -3.44. The van der Waals surface area contributed by atoms with Gasteiger partial charge < -0.3 is 24.4 Å². The molecule has 1 aliphatic rings. The number of carbonyl (C=O) groups is 1. The Labute approximate surface area is 186 Å². The predicted molar refractivity (Wildman–Crippen MR) is 114 cm³/mol. The van der Waals surface area contributed by atoms with E-state index in [2.05, 4.69) is 9.97 Å². The molecule has 8 nitrogen and oxygen atoms in total. The molecule has 0 bridgehead atoms. The van der Waals surface area contributed by atoms with Crippen molar-refractivity contribution in [3.05, 3.63) is 53.6 Å². The van der Waals surface area contributed by atoms with E-state index in [1.165, 1.54) is 12.1 Å². The predicted octanol–water partition coefficient (Wildman–Crippen LogP) is 3.25. The lowest BCUT2D eigenvalue weighted by atomic mass is 10.2. The van der Waals surface area contributed by atoms with Crippen molar-refractivity contribution in [2.24, 2.45) is 0 Å². The van der Waals surface area contributed by atoms with Gasteiger partial charge in [0.05, 0.1) is 17.6 Å². The van der Waals surface area contributed by atoms with Gasteiger partial charge in [-0.25, -0.2) is 9.97 Å². The van der Waals surface area contributed by atoms with E-state index >= 15 is 0 Å². The number of ether oxygens (including phenoxy) is 1. The highest BCUT2D eigenvalue weighted by molar-refractivity contribution is 5.97. The third kappa shape index (κ3) is 4.83. The van der Waals surface area contributed by atoms with E-state index in [1.807, 2.05) is 0 Å². The topological polar surface area (TPSA) is 101 Å². The van der Waals surface area contributed by atoms with Gasteiger partial charge in [-0.2, -0.15) is 13.2 Å². The lowest BCUT2D eigenvalue weighted by Gasteiger charge is -2.26. The van der Waals surface area contributed by atoms with E-state index in [4.69, 9.17) is 4.74 Å². The van der Waals surface area contributed by atoms with E-state index in [0.29, 0.717) is 42.8 Å². The highest BCUT2D eigenvalue weighted by Crippen LogP contribution is 2.29. The first-order chi connectivity index (χ1) is 15.8. The number of hydrogen-bond donors (Lipinski definition) is 2. The molecule has 0 atom stereocenters. The molecular formula is C22H21F3N4O4. The fraction of sp³-hybridized carbons (Fsp3) is 0.318. The average Bonchev–Trinajstić information content (AvgIpc) is 3.13. The number of amides is 1. The number of morpholine rings is 1. The smallest absolute Gasteiger partial charge is 0.433 e. The van der Waals surface area contributed by atoms with Crippen molar-refractivity contribution in [2.75, 3.05) is 31.3 Å². The first-order valence-electron chi connectivity index (χ1n) is 10.2. The molecule has 0 spiro atoms. The maximum atomic E-state index is 13.0. The molecule has 1 aliphatic heterocycles. The summed E-state index contributed by atoms with van der Waals surface area (Å²) in [4.78, 5) is 21.8. The molecule has 0 aliphatic carbocycles. The molecule has 0 unspecified atom stereocenters. The van der Waals surface area contributed by atoms with Gasteiger partial charge in [0, 0.05) is 31.5 Å². The van der Waals surface area contributed by atoms with Crippen LogP contribution in [0.2, 0.25) is 0 Å². The Morgan fingerprint density at radius 3 is 2.76 bits per heavy atom. The number of pyridine rings is 1. The largest absolute Gasteiger partial charge is 0.506 e. The van der Waals surface area contributed by atoms with E-state index in [0.717, 1.165) is 12.1 Å². The normalized spacial score (nSPS) is 15.5. The van der Waals surface area contributed by atoms with Gasteiger partial charge in [0.15, 0.2) is 0 Å². The zero-order chi connectivity index (χ0) is 23.6. The zero-order valence-electron chi connectivity index (χ0n) is 17.4. The lowest BCUT2D eigenvalue weighted by Crippen LogP contribution is -2.41. The second-order valence-corrected chi connectivity index (χ2v) is 7.41. The minimum absolute atomic E-state index is 0.00513. The Morgan fingerprint density at radius 2 is 2.03 bits per heavy atom.